The minimum atomic E-state index is -1.00. The monoisotopic (exact) mass is 258 g/mol. The molecule has 0 aliphatic rings. The second-order valence-electron chi connectivity index (χ2n) is 4.71. The van der Waals surface area contributed by atoms with E-state index in [1.54, 1.807) is 6.07 Å². The maximum atomic E-state index is 11.1. The van der Waals surface area contributed by atoms with Gasteiger partial charge in [0, 0.05) is 17.1 Å². The number of para-hydroxylation sites is 1. The lowest BCUT2D eigenvalue weighted by Gasteiger charge is -2.16. The van der Waals surface area contributed by atoms with Crippen LogP contribution >= 0.6 is 0 Å². The molecular formula is C15H18N2O2. The highest BCUT2D eigenvalue weighted by Gasteiger charge is 2.11. The fraction of sp³-hybridized carbons (Fsp3) is 0.333. The average Bonchev–Trinajstić information content (AvgIpc) is 2.38. The van der Waals surface area contributed by atoms with Crippen molar-refractivity contribution in [2.45, 2.75) is 32.7 Å². The largest absolute Gasteiger partial charge is 0.477 e. The van der Waals surface area contributed by atoms with E-state index in [9.17, 15) is 4.79 Å². The van der Waals surface area contributed by atoms with Gasteiger partial charge in [-0.2, -0.15) is 0 Å². The van der Waals surface area contributed by atoms with Crippen molar-refractivity contribution in [2.75, 3.05) is 5.32 Å². The lowest BCUT2D eigenvalue weighted by molar-refractivity contribution is 0.0691. The summed E-state index contributed by atoms with van der Waals surface area (Å²) in [6, 6.07) is 9.49. The average molecular weight is 258 g/mol. The highest BCUT2D eigenvalue weighted by atomic mass is 16.4. The minimum Gasteiger partial charge on any atom is -0.477 e. The van der Waals surface area contributed by atoms with E-state index in [2.05, 4.69) is 24.1 Å². The summed E-state index contributed by atoms with van der Waals surface area (Å²) in [4.78, 5) is 15.3. The second-order valence-corrected chi connectivity index (χ2v) is 4.71. The molecule has 1 heterocycles. The van der Waals surface area contributed by atoms with E-state index in [-0.39, 0.29) is 5.69 Å². The first-order chi connectivity index (χ1) is 9.11. The molecule has 0 radical (unpaired) electrons. The number of hydrogen-bond acceptors (Lipinski definition) is 3. The molecule has 4 nitrogen and oxygen atoms in total. The quantitative estimate of drug-likeness (QED) is 0.861. The van der Waals surface area contributed by atoms with Gasteiger partial charge in [0.05, 0.1) is 5.52 Å². The van der Waals surface area contributed by atoms with Gasteiger partial charge >= 0.3 is 5.97 Å². The number of nitrogens with zero attached hydrogens (tertiary/aromatic N) is 1. The Morgan fingerprint density at radius 3 is 2.84 bits per heavy atom. The molecule has 100 valence electrons. The standard InChI is InChI=1S/C15H18N2O2/c1-3-6-10(2)16-13-9-14(15(18)19)17-12-8-5-4-7-11(12)13/h4-5,7-10H,3,6H2,1-2H3,(H,16,17)(H,18,19). The Kier molecular flexibility index (Phi) is 4.00. The van der Waals surface area contributed by atoms with E-state index >= 15 is 0 Å². The number of hydrogen-bond donors (Lipinski definition) is 2. The molecule has 1 aromatic heterocycles. The third-order valence-electron chi connectivity index (χ3n) is 3.06. The molecule has 2 rings (SSSR count). The topological polar surface area (TPSA) is 62.2 Å². The van der Waals surface area contributed by atoms with Crippen molar-refractivity contribution in [1.29, 1.82) is 0 Å². The third-order valence-corrected chi connectivity index (χ3v) is 3.06. The molecule has 1 aromatic carbocycles. The number of carboxylic acids is 1. The Balaban J connectivity index is 2.47. The molecule has 4 heteroatoms. The van der Waals surface area contributed by atoms with Crippen LogP contribution in [0.4, 0.5) is 5.69 Å². The van der Waals surface area contributed by atoms with Gasteiger partial charge in [0.2, 0.25) is 0 Å². The summed E-state index contributed by atoms with van der Waals surface area (Å²) in [7, 11) is 0. The molecule has 1 atom stereocenters. The summed E-state index contributed by atoms with van der Waals surface area (Å²) in [5, 5.41) is 13.4. The number of rotatable bonds is 5. The zero-order valence-corrected chi connectivity index (χ0v) is 11.2. The summed E-state index contributed by atoms with van der Waals surface area (Å²) in [6.07, 6.45) is 2.13. The lowest BCUT2D eigenvalue weighted by Crippen LogP contribution is -2.15. The summed E-state index contributed by atoms with van der Waals surface area (Å²) in [5.74, 6) is -1.00. The highest BCUT2D eigenvalue weighted by Crippen LogP contribution is 2.24. The van der Waals surface area contributed by atoms with Crippen LogP contribution in [0.5, 0.6) is 0 Å². The number of anilines is 1. The summed E-state index contributed by atoms with van der Waals surface area (Å²) in [6.45, 7) is 4.23. The number of benzene rings is 1. The van der Waals surface area contributed by atoms with Gasteiger partial charge in [-0.3, -0.25) is 0 Å². The van der Waals surface area contributed by atoms with Crippen molar-refractivity contribution in [2.24, 2.45) is 0 Å². The predicted octanol–water partition coefficient (Wildman–Crippen LogP) is 3.53. The maximum Gasteiger partial charge on any atom is 0.354 e. The van der Waals surface area contributed by atoms with Crippen LogP contribution in [0.1, 0.15) is 37.2 Å². The Morgan fingerprint density at radius 1 is 1.42 bits per heavy atom. The normalized spacial score (nSPS) is 12.3. The van der Waals surface area contributed by atoms with Crippen LogP contribution < -0.4 is 5.32 Å². The van der Waals surface area contributed by atoms with Crippen molar-refractivity contribution in [3.8, 4) is 0 Å². The number of carboxylic acid groups (broad SMARTS) is 1. The molecule has 0 fully saturated rings. The molecule has 0 aliphatic carbocycles. The van der Waals surface area contributed by atoms with Gasteiger partial charge < -0.3 is 10.4 Å². The maximum absolute atomic E-state index is 11.1. The molecule has 19 heavy (non-hydrogen) atoms. The molecule has 0 bridgehead atoms. The number of nitrogens with one attached hydrogen (secondary N) is 1. The molecule has 1 unspecified atom stereocenters. The molecule has 0 amide bonds. The van der Waals surface area contributed by atoms with E-state index in [1.165, 1.54) is 0 Å². The first-order valence-electron chi connectivity index (χ1n) is 6.51. The Labute approximate surface area is 112 Å². The van der Waals surface area contributed by atoms with E-state index < -0.39 is 5.97 Å². The fourth-order valence-corrected chi connectivity index (χ4v) is 2.18. The van der Waals surface area contributed by atoms with Crippen molar-refractivity contribution < 1.29 is 9.90 Å². The molecule has 0 aliphatic heterocycles. The molecule has 0 spiro atoms. The lowest BCUT2D eigenvalue weighted by atomic mass is 10.1. The molecule has 2 aromatic rings. The molecule has 0 saturated heterocycles. The van der Waals surface area contributed by atoms with Crippen LogP contribution in [0.25, 0.3) is 10.9 Å². The Morgan fingerprint density at radius 2 is 2.16 bits per heavy atom. The SMILES string of the molecule is CCCC(C)Nc1cc(C(=O)O)nc2ccccc12. The first-order valence-corrected chi connectivity index (χ1v) is 6.51. The molecule has 0 saturated carbocycles. The first kappa shape index (κ1) is 13.3. The minimum absolute atomic E-state index is 0.0740. The van der Waals surface area contributed by atoms with Crippen LogP contribution in [0.2, 0.25) is 0 Å². The van der Waals surface area contributed by atoms with Crippen molar-refractivity contribution in [3.05, 3.63) is 36.0 Å². The van der Waals surface area contributed by atoms with Crippen LogP contribution in [0.3, 0.4) is 0 Å². The van der Waals surface area contributed by atoms with Crippen molar-refractivity contribution >= 4 is 22.6 Å². The zero-order valence-electron chi connectivity index (χ0n) is 11.2. The van der Waals surface area contributed by atoms with Crippen molar-refractivity contribution in [1.82, 2.24) is 4.98 Å². The number of aromatic carboxylic acids is 1. The number of pyridine rings is 1. The fourth-order valence-electron chi connectivity index (χ4n) is 2.18. The third kappa shape index (κ3) is 3.02. The van der Waals surface area contributed by atoms with Crippen LogP contribution in [-0.4, -0.2) is 22.1 Å². The molecule has 2 N–H and O–H groups in total. The summed E-state index contributed by atoms with van der Waals surface area (Å²) >= 11 is 0. The Hall–Kier alpha value is -2.10. The number of aromatic nitrogens is 1. The van der Waals surface area contributed by atoms with Crippen LogP contribution in [-0.2, 0) is 0 Å². The second kappa shape index (κ2) is 5.69. The summed E-state index contributed by atoms with van der Waals surface area (Å²) in [5.41, 5.74) is 1.61. The van der Waals surface area contributed by atoms with E-state index in [4.69, 9.17) is 5.11 Å². The van der Waals surface area contributed by atoms with Gasteiger partial charge in [0.1, 0.15) is 0 Å². The van der Waals surface area contributed by atoms with Gasteiger partial charge in [-0.15, -0.1) is 0 Å². The number of carbonyl (C=O) groups is 1. The summed E-state index contributed by atoms with van der Waals surface area (Å²) < 4.78 is 0. The molecular weight excluding hydrogens is 240 g/mol. The van der Waals surface area contributed by atoms with Gasteiger partial charge in [-0.25, -0.2) is 9.78 Å². The zero-order chi connectivity index (χ0) is 13.8. The van der Waals surface area contributed by atoms with Gasteiger partial charge in [-0.1, -0.05) is 31.5 Å². The highest BCUT2D eigenvalue weighted by molar-refractivity contribution is 5.97. The van der Waals surface area contributed by atoms with Gasteiger partial charge in [0.25, 0.3) is 0 Å². The number of fused-ring (bicyclic) bond motifs is 1. The van der Waals surface area contributed by atoms with Gasteiger partial charge in [0.15, 0.2) is 5.69 Å². The predicted molar refractivity (Wildman–Crippen MR) is 76.7 cm³/mol. The van der Waals surface area contributed by atoms with Gasteiger partial charge in [-0.05, 0) is 25.5 Å². The van der Waals surface area contributed by atoms with E-state index in [0.29, 0.717) is 11.6 Å². The van der Waals surface area contributed by atoms with Crippen LogP contribution in [0.15, 0.2) is 30.3 Å². The smallest absolute Gasteiger partial charge is 0.354 e. The van der Waals surface area contributed by atoms with E-state index in [0.717, 1.165) is 23.9 Å². The van der Waals surface area contributed by atoms with Crippen LogP contribution in [0, 0.1) is 0 Å². The Bertz CT molecular complexity index is 596. The van der Waals surface area contributed by atoms with Crippen molar-refractivity contribution in [3.63, 3.8) is 0 Å². The van der Waals surface area contributed by atoms with E-state index in [1.807, 2.05) is 24.3 Å².